The van der Waals surface area contributed by atoms with E-state index in [0.29, 0.717) is 11.8 Å². The number of nitrogens with zero attached hydrogens (tertiary/aromatic N) is 2. The Kier molecular flexibility index (Phi) is 2.64. The third-order valence-corrected chi connectivity index (χ3v) is 2.53. The van der Waals surface area contributed by atoms with Crippen LogP contribution in [-0.4, -0.2) is 9.55 Å². The first-order valence-corrected chi connectivity index (χ1v) is 5.17. The fraction of sp³-hybridized carbons (Fsp3) is 0.100. The molecule has 5 heteroatoms. The summed E-state index contributed by atoms with van der Waals surface area (Å²) in [7, 11) is 1.80. The van der Waals surface area contributed by atoms with Crippen molar-refractivity contribution in [2.24, 2.45) is 7.05 Å². The van der Waals surface area contributed by atoms with Crippen molar-refractivity contribution < 1.29 is 4.74 Å². The van der Waals surface area contributed by atoms with Gasteiger partial charge in [-0.1, -0.05) is 15.9 Å². The van der Waals surface area contributed by atoms with Crippen molar-refractivity contribution in [1.29, 1.82) is 0 Å². The van der Waals surface area contributed by atoms with Crippen molar-refractivity contribution in [3.63, 3.8) is 0 Å². The van der Waals surface area contributed by atoms with Gasteiger partial charge in [-0.2, -0.15) is 0 Å². The van der Waals surface area contributed by atoms with E-state index in [4.69, 9.17) is 10.5 Å². The summed E-state index contributed by atoms with van der Waals surface area (Å²) in [6, 6.07) is 8.00. The molecule has 2 N–H and O–H groups in total. The predicted molar refractivity (Wildman–Crippen MR) is 61.8 cm³/mol. The van der Waals surface area contributed by atoms with E-state index in [9.17, 15) is 0 Å². The van der Waals surface area contributed by atoms with E-state index >= 15 is 0 Å². The Labute approximate surface area is 95.8 Å². The van der Waals surface area contributed by atoms with E-state index in [1.54, 1.807) is 17.8 Å². The van der Waals surface area contributed by atoms with E-state index in [1.807, 2.05) is 24.3 Å². The molecule has 0 aliphatic heterocycles. The zero-order valence-electron chi connectivity index (χ0n) is 8.14. The lowest BCUT2D eigenvalue weighted by Gasteiger charge is -2.05. The van der Waals surface area contributed by atoms with E-state index < -0.39 is 0 Å². The fourth-order valence-corrected chi connectivity index (χ4v) is 1.37. The number of nitrogens with two attached hydrogens (primary N) is 1. The molecule has 0 aliphatic rings. The Balaban J connectivity index is 2.22. The fourth-order valence-electron chi connectivity index (χ4n) is 1.11. The van der Waals surface area contributed by atoms with Crippen molar-refractivity contribution in [3.05, 3.63) is 34.9 Å². The Hall–Kier alpha value is -1.49. The highest BCUT2D eigenvalue weighted by Gasteiger charge is 2.05. The molecule has 1 heterocycles. The summed E-state index contributed by atoms with van der Waals surface area (Å²) in [5.41, 5.74) is 5.63. The monoisotopic (exact) mass is 267 g/mol. The molecule has 0 amide bonds. The number of benzene rings is 1. The zero-order chi connectivity index (χ0) is 10.8. The number of nitrogen functional groups attached to an aromatic ring is 1. The highest BCUT2D eigenvalue weighted by Crippen LogP contribution is 2.22. The summed E-state index contributed by atoms with van der Waals surface area (Å²) in [5.74, 6) is 1.30. The molecule has 0 spiro atoms. The number of rotatable bonds is 2. The highest BCUT2D eigenvalue weighted by molar-refractivity contribution is 9.10. The lowest BCUT2D eigenvalue weighted by Crippen LogP contribution is -1.98. The number of halogens is 1. The van der Waals surface area contributed by atoms with E-state index in [0.717, 1.165) is 10.2 Å². The summed E-state index contributed by atoms with van der Waals surface area (Å²) >= 11 is 3.35. The van der Waals surface area contributed by atoms with Crippen LogP contribution in [-0.2, 0) is 7.05 Å². The second-order valence-electron chi connectivity index (χ2n) is 3.08. The van der Waals surface area contributed by atoms with E-state index in [2.05, 4.69) is 20.9 Å². The molecule has 78 valence electrons. The predicted octanol–water partition coefficient (Wildman–Crippen LogP) is 2.56. The lowest BCUT2D eigenvalue weighted by molar-refractivity contribution is 0.426. The van der Waals surface area contributed by atoms with Crippen LogP contribution < -0.4 is 10.5 Å². The molecule has 1 aromatic carbocycles. The first-order chi connectivity index (χ1) is 7.16. The molecule has 4 nitrogen and oxygen atoms in total. The van der Waals surface area contributed by atoms with Crippen molar-refractivity contribution in [3.8, 4) is 11.8 Å². The van der Waals surface area contributed by atoms with Crippen LogP contribution in [0.2, 0.25) is 0 Å². The van der Waals surface area contributed by atoms with Gasteiger partial charge in [-0.15, -0.1) is 0 Å². The molecule has 0 unspecified atom stereocenters. The third-order valence-electron chi connectivity index (χ3n) is 2.00. The van der Waals surface area contributed by atoms with Crippen LogP contribution in [0.5, 0.6) is 11.8 Å². The smallest absolute Gasteiger partial charge is 0.303 e. The first kappa shape index (κ1) is 10.0. The standard InChI is InChI=1S/C10H10BrN3O/c1-14-9(12)6-13-10(14)15-8-4-2-7(11)3-5-8/h2-6H,12H2,1H3. The number of ether oxygens (including phenoxy) is 1. The van der Waals surface area contributed by atoms with Gasteiger partial charge in [0, 0.05) is 11.5 Å². The largest absolute Gasteiger partial charge is 0.425 e. The van der Waals surface area contributed by atoms with Gasteiger partial charge in [0.05, 0.1) is 6.20 Å². The molecule has 0 radical (unpaired) electrons. The van der Waals surface area contributed by atoms with Crippen LogP contribution in [0.3, 0.4) is 0 Å². The van der Waals surface area contributed by atoms with Gasteiger partial charge in [0.2, 0.25) is 0 Å². The maximum absolute atomic E-state index is 5.63. The molecule has 0 aliphatic carbocycles. The molecule has 1 aromatic heterocycles. The average Bonchev–Trinajstić information content (AvgIpc) is 2.53. The van der Waals surface area contributed by atoms with Gasteiger partial charge < -0.3 is 10.5 Å². The van der Waals surface area contributed by atoms with Crippen molar-refractivity contribution in [1.82, 2.24) is 9.55 Å². The van der Waals surface area contributed by atoms with Crippen molar-refractivity contribution in [2.45, 2.75) is 0 Å². The summed E-state index contributed by atoms with van der Waals surface area (Å²) in [6.07, 6.45) is 1.56. The van der Waals surface area contributed by atoms with Gasteiger partial charge in [-0.05, 0) is 24.3 Å². The van der Waals surface area contributed by atoms with Crippen LogP contribution in [0.4, 0.5) is 5.82 Å². The maximum Gasteiger partial charge on any atom is 0.303 e. The van der Waals surface area contributed by atoms with E-state index in [-0.39, 0.29) is 0 Å². The lowest BCUT2D eigenvalue weighted by atomic mass is 10.3. The molecule has 0 bridgehead atoms. The molecule has 2 aromatic rings. The quantitative estimate of drug-likeness (QED) is 0.910. The second kappa shape index (κ2) is 3.94. The number of anilines is 1. The minimum atomic E-state index is 0.481. The highest BCUT2D eigenvalue weighted by atomic mass is 79.9. The first-order valence-electron chi connectivity index (χ1n) is 4.37. The molecular weight excluding hydrogens is 258 g/mol. The molecule has 0 saturated carbocycles. The van der Waals surface area contributed by atoms with Gasteiger partial charge in [-0.25, -0.2) is 4.98 Å². The Bertz CT molecular complexity index is 464. The van der Waals surface area contributed by atoms with E-state index in [1.165, 1.54) is 0 Å². The van der Waals surface area contributed by atoms with Gasteiger partial charge in [-0.3, -0.25) is 4.57 Å². The van der Waals surface area contributed by atoms with Crippen LogP contribution in [0.1, 0.15) is 0 Å². The molecule has 0 fully saturated rings. The number of imidazole rings is 1. The Morgan fingerprint density at radius 3 is 2.53 bits per heavy atom. The maximum atomic E-state index is 5.63. The molecule has 15 heavy (non-hydrogen) atoms. The van der Waals surface area contributed by atoms with Crippen LogP contribution in [0, 0.1) is 0 Å². The third kappa shape index (κ3) is 2.12. The SMILES string of the molecule is Cn1c(N)cnc1Oc1ccc(Br)cc1. The molecule has 0 saturated heterocycles. The van der Waals surface area contributed by atoms with Gasteiger partial charge >= 0.3 is 6.01 Å². The minimum absolute atomic E-state index is 0.481. The normalized spacial score (nSPS) is 10.3. The minimum Gasteiger partial charge on any atom is -0.425 e. The average molecular weight is 268 g/mol. The summed E-state index contributed by atoms with van der Waals surface area (Å²) in [6.45, 7) is 0. The van der Waals surface area contributed by atoms with Gasteiger partial charge in [0.15, 0.2) is 0 Å². The number of hydrogen-bond acceptors (Lipinski definition) is 3. The Morgan fingerprint density at radius 2 is 2.00 bits per heavy atom. The van der Waals surface area contributed by atoms with Gasteiger partial charge in [0.25, 0.3) is 0 Å². The van der Waals surface area contributed by atoms with Crippen molar-refractivity contribution in [2.75, 3.05) is 5.73 Å². The van der Waals surface area contributed by atoms with Crippen LogP contribution >= 0.6 is 15.9 Å². The number of aromatic nitrogens is 2. The summed E-state index contributed by atoms with van der Waals surface area (Å²) in [4.78, 5) is 4.04. The molecule has 0 atom stereocenters. The number of hydrogen-bond donors (Lipinski definition) is 1. The summed E-state index contributed by atoms with van der Waals surface area (Å²) < 4.78 is 8.23. The molecule has 2 rings (SSSR count). The van der Waals surface area contributed by atoms with Gasteiger partial charge in [0.1, 0.15) is 11.6 Å². The topological polar surface area (TPSA) is 53.1 Å². The van der Waals surface area contributed by atoms with Crippen LogP contribution in [0.25, 0.3) is 0 Å². The summed E-state index contributed by atoms with van der Waals surface area (Å²) in [5, 5.41) is 0. The molecular formula is C10H10BrN3O. The second-order valence-corrected chi connectivity index (χ2v) is 4.00. The Morgan fingerprint density at radius 1 is 1.33 bits per heavy atom. The zero-order valence-corrected chi connectivity index (χ0v) is 9.73. The van der Waals surface area contributed by atoms with Crippen LogP contribution in [0.15, 0.2) is 34.9 Å². The van der Waals surface area contributed by atoms with Crippen molar-refractivity contribution >= 4 is 21.7 Å².